The number of methoxy groups -OCH3 is 1. The predicted molar refractivity (Wildman–Crippen MR) is 76.7 cm³/mol. The second-order valence-electron chi connectivity index (χ2n) is 5.86. The van der Waals surface area contributed by atoms with Crippen molar-refractivity contribution in [2.24, 2.45) is 23.5 Å². The highest BCUT2D eigenvalue weighted by molar-refractivity contribution is 9.10. The highest BCUT2D eigenvalue weighted by Gasteiger charge is 2.47. The van der Waals surface area contributed by atoms with Crippen molar-refractivity contribution in [1.82, 2.24) is 0 Å². The molecule has 1 aromatic rings. The molecule has 0 aliphatic heterocycles. The SMILES string of the molecule is COc1cc(C)c(Br)cc1C(N)C1CC2CC2C1. The molecule has 0 aromatic heterocycles. The average molecular weight is 310 g/mol. The largest absolute Gasteiger partial charge is 0.496 e. The van der Waals surface area contributed by atoms with E-state index < -0.39 is 0 Å². The standard InChI is InChI=1S/C15H20BrNO/c1-8-3-14(18-2)12(7-13(8)16)15(17)11-5-9-4-10(9)6-11/h3,7,9-11,15H,4-6,17H2,1-2H3. The number of benzene rings is 1. The summed E-state index contributed by atoms with van der Waals surface area (Å²) in [4.78, 5) is 0. The third-order valence-corrected chi connectivity index (χ3v) is 5.51. The van der Waals surface area contributed by atoms with Gasteiger partial charge in [-0.25, -0.2) is 0 Å². The Bertz CT molecular complexity index is 464. The van der Waals surface area contributed by atoms with Crippen LogP contribution in [-0.2, 0) is 0 Å². The Hall–Kier alpha value is -0.540. The number of hydrogen-bond donors (Lipinski definition) is 1. The van der Waals surface area contributed by atoms with Gasteiger partial charge in [0.1, 0.15) is 5.75 Å². The van der Waals surface area contributed by atoms with Crippen LogP contribution in [0, 0.1) is 24.7 Å². The fourth-order valence-electron chi connectivity index (χ4n) is 3.42. The van der Waals surface area contributed by atoms with Gasteiger partial charge in [0.05, 0.1) is 7.11 Å². The zero-order chi connectivity index (χ0) is 12.9. The van der Waals surface area contributed by atoms with E-state index in [0.717, 1.165) is 27.6 Å². The van der Waals surface area contributed by atoms with Gasteiger partial charge in [-0.2, -0.15) is 0 Å². The van der Waals surface area contributed by atoms with Crippen LogP contribution in [0.2, 0.25) is 0 Å². The highest BCUT2D eigenvalue weighted by atomic mass is 79.9. The molecule has 3 unspecified atom stereocenters. The van der Waals surface area contributed by atoms with Gasteiger partial charge in [-0.1, -0.05) is 15.9 Å². The lowest BCUT2D eigenvalue weighted by molar-refractivity contribution is 0.370. The summed E-state index contributed by atoms with van der Waals surface area (Å²) in [6.07, 6.45) is 4.05. The average Bonchev–Trinajstić information content (AvgIpc) is 2.98. The van der Waals surface area contributed by atoms with E-state index in [-0.39, 0.29) is 6.04 Å². The normalized spacial score (nSPS) is 31.0. The van der Waals surface area contributed by atoms with E-state index in [1.54, 1.807) is 7.11 Å². The Balaban J connectivity index is 1.87. The molecular formula is C15H20BrNO. The number of aryl methyl sites for hydroxylation is 1. The first-order valence-electron chi connectivity index (χ1n) is 6.69. The van der Waals surface area contributed by atoms with Crippen molar-refractivity contribution in [3.05, 3.63) is 27.7 Å². The van der Waals surface area contributed by atoms with Gasteiger partial charge < -0.3 is 10.5 Å². The molecule has 0 amide bonds. The zero-order valence-electron chi connectivity index (χ0n) is 10.9. The molecule has 2 aliphatic carbocycles. The van der Waals surface area contributed by atoms with Crippen molar-refractivity contribution in [2.45, 2.75) is 32.2 Å². The quantitative estimate of drug-likeness (QED) is 0.921. The van der Waals surface area contributed by atoms with Gasteiger partial charge in [-0.05, 0) is 61.6 Å². The molecular weight excluding hydrogens is 290 g/mol. The number of hydrogen-bond acceptors (Lipinski definition) is 2. The molecule has 1 aromatic carbocycles. The molecule has 2 nitrogen and oxygen atoms in total. The molecule has 98 valence electrons. The summed E-state index contributed by atoms with van der Waals surface area (Å²) in [6, 6.07) is 4.34. The maximum absolute atomic E-state index is 6.48. The van der Waals surface area contributed by atoms with Gasteiger partial charge in [0.25, 0.3) is 0 Å². The summed E-state index contributed by atoms with van der Waals surface area (Å²) in [7, 11) is 1.73. The molecule has 2 N–H and O–H groups in total. The lowest BCUT2D eigenvalue weighted by Crippen LogP contribution is -2.21. The molecule has 2 aliphatic rings. The van der Waals surface area contributed by atoms with Crippen LogP contribution >= 0.6 is 15.9 Å². The number of halogens is 1. The van der Waals surface area contributed by atoms with E-state index in [0.29, 0.717) is 5.92 Å². The Morgan fingerprint density at radius 1 is 1.28 bits per heavy atom. The number of rotatable bonds is 3. The maximum atomic E-state index is 6.48. The number of ether oxygens (including phenoxy) is 1. The van der Waals surface area contributed by atoms with Crippen molar-refractivity contribution < 1.29 is 4.74 Å². The summed E-state index contributed by atoms with van der Waals surface area (Å²) < 4.78 is 6.62. The highest BCUT2D eigenvalue weighted by Crippen LogP contribution is 2.57. The van der Waals surface area contributed by atoms with Crippen LogP contribution in [0.15, 0.2) is 16.6 Å². The molecule has 3 heteroatoms. The molecule has 0 spiro atoms. The van der Waals surface area contributed by atoms with Gasteiger partial charge in [0.15, 0.2) is 0 Å². The van der Waals surface area contributed by atoms with Gasteiger partial charge in [-0.15, -0.1) is 0 Å². The molecule has 0 bridgehead atoms. The predicted octanol–water partition coefficient (Wildman–Crippen LogP) is 3.81. The second kappa shape index (κ2) is 4.53. The van der Waals surface area contributed by atoms with E-state index in [4.69, 9.17) is 10.5 Å². The summed E-state index contributed by atoms with van der Waals surface area (Å²) in [5.41, 5.74) is 8.82. The van der Waals surface area contributed by atoms with E-state index in [1.165, 1.54) is 24.8 Å². The van der Waals surface area contributed by atoms with Crippen LogP contribution in [0.3, 0.4) is 0 Å². The monoisotopic (exact) mass is 309 g/mol. The summed E-state index contributed by atoms with van der Waals surface area (Å²) in [5, 5.41) is 0. The van der Waals surface area contributed by atoms with E-state index in [9.17, 15) is 0 Å². The van der Waals surface area contributed by atoms with Crippen LogP contribution in [-0.4, -0.2) is 7.11 Å². The lowest BCUT2D eigenvalue weighted by Gasteiger charge is -2.23. The third kappa shape index (κ3) is 2.08. The first-order valence-corrected chi connectivity index (χ1v) is 7.49. The topological polar surface area (TPSA) is 35.2 Å². The van der Waals surface area contributed by atoms with Crippen LogP contribution in [0.1, 0.15) is 36.4 Å². The minimum atomic E-state index is 0.115. The first-order chi connectivity index (χ1) is 8.60. The Morgan fingerprint density at radius 3 is 2.56 bits per heavy atom. The van der Waals surface area contributed by atoms with Crippen molar-refractivity contribution in [1.29, 1.82) is 0 Å². The minimum absolute atomic E-state index is 0.115. The summed E-state index contributed by atoms with van der Waals surface area (Å²) in [6.45, 7) is 2.08. The van der Waals surface area contributed by atoms with Crippen molar-refractivity contribution in [3.8, 4) is 5.75 Å². The maximum Gasteiger partial charge on any atom is 0.123 e. The van der Waals surface area contributed by atoms with Crippen LogP contribution in [0.4, 0.5) is 0 Å². The molecule has 0 radical (unpaired) electrons. The Labute approximate surface area is 117 Å². The number of fused-ring (bicyclic) bond motifs is 1. The van der Waals surface area contributed by atoms with Gasteiger partial charge in [-0.3, -0.25) is 0 Å². The Morgan fingerprint density at radius 2 is 1.94 bits per heavy atom. The number of nitrogens with two attached hydrogens (primary N) is 1. The van der Waals surface area contributed by atoms with E-state index >= 15 is 0 Å². The van der Waals surface area contributed by atoms with Crippen molar-refractivity contribution >= 4 is 15.9 Å². The fourth-order valence-corrected chi connectivity index (χ4v) is 3.78. The first kappa shape index (κ1) is 12.5. The Kier molecular flexibility index (Phi) is 3.15. The molecule has 3 rings (SSSR count). The van der Waals surface area contributed by atoms with E-state index in [1.807, 2.05) is 0 Å². The molecule has 0 saturated heterocycles. The van der Waals surface area contributed by atoms with E-state index in [2.05, 4.69) is 35.0 Å². The van der Waals surface area contributed by atoms with Crippen LogP contribution in [0.25, 0.3) is 0 Å². The summed E-state index contributed by atoms with van der Waals surface area (Å²) in [5.74, 6) is 3.52. The van der Waals surface area contributed by atoms with Crippen molar-refractivity contribution in [3.63, 3.8) is 0 Å². The molecule has 0 heterocycles. The van der Waals surface area contributed by atoms with Gasteiger partial charge >= 0.3 is 0 Å². The third-order valence-electron chi connectivity index (χ3n) is 4.66. The fraction of sp³-hybridized carbons (Fsp3) is 0.600. The van der Waals surface area contributed by atoms with Crippen LogP contribution in [0.5, 0.6) is 5.75 Å². The van der Waals surface area contributed by atoms with Gasteiger partial charge in [0.2, 0.25) is 0 Å². The zero-order valence-corrected chi connectivity index (χ0v) is 12.5. The smallest absolute Gasteiger partial charge is 0.123 e. The van der Waals surface area contributed by atoms with Gasteiger partial charge in [0, 0.05) is 16.1 Å². The lowest BCUT2D eigenvalue weighted by atomic mass is 9.89. The molecule has 18 heavy (non-hydrogen) atoms. The molecule has 2 saturated carbocycles. The second-order valence-corrected chi connectivity index (χ2v) is 6.71. The van der Waals surface area contributed by atoms with Crippen molar-refractivity contribution in [2.75, 3.05) is 7.11 Å². The minimum Gasteiger partial charge on any atom is -0.496 e. The molecule has 3 atom stereocenters. The summed E-state index contributed by atoms with van der Waals surface area (Å²) >= 11 is 3.60. The van der Waals surface area contributed by atoms with Crippen LogP contribution < -0.4 is 10.5 Å². The molecule has 2 fully saturated rings.